The van der Waals surface area contributed by atoms with E-state index in [9.17, 15) is 0 Å². The summed E-state index contributed by atoms with van der Waals surface area (Å²) in [5, 5.41) is 2.58. The van der Waals surface area contributed by atoms with Crippen LogP contribution in [0.15, 0.2) is 267 Å². The Bertz CT molecular complexity index is 5550. The van der Waals surface area contributed by atoms with Crippen molar-refractivity contribution in [3.05, 3.63) is 334 Å². The molecule has 0 amide bonds. The molecular formula is C103H107N3. The molecule has 0 heterocycles. The Morgan fingerprint density at radius 3 is 0.962 bits per heavy atom. The summed E-state index contributed by atoms with van der Waals surface area (Å²) in [5.74, 6) is 0. The molecule has 0 spiro atoms. The fourth-order valence-corrected chi connectivity index (χ4v) is 17.9. The van der Waals surface area contributed by atoms with Gasteiger partial charge in [-0.05, 0) is 298 Å². The van der Waals surface area contributed by atoms with Gasteiger partial charge in [-0.1, -0.05) is 248 Å². The van der Waals surface area contributed by atoms with Crippen molar-refractivity contribution in [2.45, 2.75) is 178 Å². The topological polar surface area (TPSA) is 9.72 Å². The maximum Gasteiger partial charge on any atom is 0.0495 e. The van der Waals surface area contributed by atoms with Crippen molar-refractivity contribution in [3.8, 4) is 66.8 Å². The maximum atomic E-state index is 2.50. The molecule has 0 saturated carbocycles. The Kier molecular flexibility index (Phi) is 18.6. The van der Waals surface area contributed by atoms with Crippen molar-refractivity contribution in [2.24, 2.45) is 0 Å². The van der Waals surface area contributed by atoms with Gasteiger partial charge in [-0.15, -0.1) is 0 Å². The van der Waals surface area contributed by atoms with E-state index >= 15 is 0 Å². The Balaban J connectivity index is 0.000000134. The van der Waals surface area contributed by atoms with Crippen molar-refractivity contribution >= 4 is 44.9 Å². The van der Waals surface area contributed by atoms with Gasteiger partial charge in [0.05, 0.1) is 0 Å². The van der Waals surface area contributed by atoms with Gasteiger partial charge in [0.25, 0.3) is 0 Å². The molecule has 3 aliphatic rings. The van der Waals surface area contributed by atoms with Gasteiger partial charge in [0.1, 0.15) is 0 Å². The summed E-state index contributed by atoms with van der Waals surface area (Å²) in [4.78, 5) is 7.47. The number of fused-ring (bicyclic) bond motifs is 10. The van der Waals surface area contributed by atoms with Crippen LogP contribution in [0, 0.1) is 41.5 Å². The molecule has 3 nitrogen and oxygen atoms in total. The van der Waals surface area contributed by atoms with Gasteiger partial charge in [0.2, 0.25) is 0 Å². The summed E-state index contributed by atoms with van der Waals surface area (Å²) < 4.78 is 0. The third kappa shape index (κ3) is 12.8. The standard InChI is InChI=1S/C37H37N.2C33H35N/c1-24-14-8-13-19-34(24)38(36(3,4)5)35-21-20-27(26-15-9-10-17-29(26)35)30-23-33-31(22-25(30)2)28-16-11-12-18-32(28)37(33,6)7;1-22-14-8-12-18-30(22)34(32(3,4)5)31-19-13-10-16-25(31)26-21-29-27(20-23(26)2)24-15-9-11-17-28(24)33(29,6)7;1-22-13-8-11-18-31(22)34(32(3,4)5)25-15-12-14-24(20-25)27-21-30-28(19-23(27)2)26-16-9-10-17-29(26)33(30,6)7/h8-23H,1-7H3;2*8-21H,1-7H3. The number of anilines is 6. The highest BCUT2D eigenvalue weighted by Gasteiger charge is 2.40. The quantitative estimate of drug-likeness (QED) is 0.143. The number of para-hydroxylation sites is 4. The third-order valence-electron chi connectivity index (χ3n) is 23.1. The van der Waals surface area contributed by atoms with E-state index in [0.717, 1.165) is 0 Å². The van der Waals surface area contributed by atoms with Crippen LogP contribution in [-0.2, 0) is 16.2 Å². The lowest BCUT2D eigenvalue weighted by Crippen LogP contribution is -2.38. The third-order valence-corrected chi connectivity index (χ3v) is 23.1. The van der Waals surface area contributed by atoms with E-state index in [1.807, 2.05) is 0 Å². The molecule has 534 valence electrons. The zero-order chi connectivity index (χ0) is 75.3. The van der Waals surface area contributed by atoms with E-state index in [2.05, 4.69) is 427 Å². The number of nitrogens with zero attached hydrogens (tertiary/aromatic N) is 3. The predicted molar refractivity (Wildman–Crippen MR) is 459 cm³/mol. The largest absolute Gasteiger partial charge is 0.336 e. The fraction of sp³-hybridized carbons (Fsp3) is 0.262. The fourth-order valence-electron chi connectivity index (χ4n) is 17.9. The predicted octanol–water partition coefficient (Wildman–Crippen LogP) is 28.8. The number of hydrogen-bond donors (Lipinski definition) is 0. The molecule has 106 heavy (non-hydrogen) atoms. The van der Waals surface area contributed by atoms with Crippen LogP contribution in [0.3, 0.4) is 0 Å². The van der Waals surface area contributed by atoms with Crippen molar-refractivity contribution < 1.29 is 0 Å². The second-order valence-electron chi connectivity index (χ2n) is 34.8. The smallest absolute Gasteiger partial charge is 0.0495 e. The van der Waals surface area contributed by atoms with Crippen LogP contribution < -0.4 is 14.7 Å². The van der Waals surface area contributed by atoms with Crippen LogP contribution >= 0.6 is 0 Å². The highest BCUT2D eigenvalue weighted by molar-refractivity contribution is 6.06. The van der Waals surface area contributed by atoms with Crippen molar-refractivity contribution in [2.75, 3.05) is 14.7 Å². The zero-order valence-corrected chi connectivity index (χ0v) is 66.7. The number of aryl methyl sites for hydroxylation is 6. The first-order valence-corrected chi connectivity index (χ1v) is 38.3. The van der Waals surface area contributed by atoms with E-state index in [0.29, 0.717) is 0 Å². The lowest BCUT2D eigenvalue weighted by molar-refractivity contribution is 0.559. The van der Waals surface area contributed by atoms with Crippen LogP contribution in [0.4, 0.5) is 34.1 Å². The molecule has 0 unspecified atom stereocenters. The van der Waals surface area contributed by atoms with Crippen molar-refractivity contribution in [1.82, 2.24) is 0 Å². The molecular weight excluding hydrogens is 1280 g/mol. The Morgan fingerprint density at radius 1 is 0.208 bits per heavy atom. The number of rotatable bonds is 9. The first-order valence-electron chi connectivity index (χ1n) is 38.3. The monoisotopic (exact) mass is 1390 g/mol. The molecule has 0 saturated heterocycles. The van der Waals surface area contributed by atoms with E-state index in [-0.39, 0.29) is 32.9 Å². The summed E-state index contributed by atoms with van der Waals surface area (Å²) in [6, 6.07) is 98.9. The Hall–Kier alpha value is -10.5. The summed E-state index contributed by atoms with van der Waals surface area (Å²) >= 11 is 0. The van der Waals surface area contributed by atoms with Gasteiger partial charge in [-0.3, -0.25) is 0 Å². The summed E-state index contributed by atoms with van der Waals surface area (Å²) in [7, 11) is 0. The molecule has 13 aromatic rings. The zero-order valence-electron chi connectivity index (χ0n) is 66.7. The Morgan fingerprint density at radius 2 is 0.538 bits per heavy atom. The Labute approximate surface area is 634 Å². The van der Waals surface area contributed by atoms with Crippen molar-refractivity contribution in [3.63, 3.8) is 0 Å². The first kappa shape index (κ1) is 72.5. The lowest BCUT2D eigenvalue weighted by Gasteiger charge is -2.40. The van der Waals surface area contributed by atoms with Gasteiger partial charge in [-0.25, -0.2) is 0 Å². The van der Waals surface area contributed by atoms with Gasteiger partial charge in [0, 0.05) is 77.9 Å². The van der Waals surface area contributed by atoms with E-state index in [1.165, 1.54) is 178 Å². The van der Waals surface area contributed by atoms with Gasteiger partial charge < -0.3 is 14.7 Å². The summed E-state index contributed by atoms with van der Waals surface area (Å²) in [6.45, 7) is 48.2. The first-order chi connectivity index (χ1) is 50.3. The number of hydrogen-bond acceptors (Lipinski definition) is 3. The average Bonchev–Trinajstić information content (AvgIpc) is 1.58. The summed E-state index contributed by atoms with van der Waals surface area (Å²) in [6.07, 6.45) is 0. The molecule has 0 atom stereocenters. The van der Waals surface area contributed by atoms with Gasteiger partial charge >= 0.3 is 0 Å². The minimum atomic E-state index is -0.0876. The summed E-state index contributed by atoms with van der Waals surface area (Å²) in [5.41, 5.74) is 39.7. The second kappa shape index (κ2) is 27.1. The minimum Gasteiger partial charge on any atom is -0.336 e. The van der Waals surface area contributed by atoms with E-state index in [4.69, 9.17) is 0 Å². The molecule has 0 radical (unpaired) electrons. The van der Waals surface area contributed by atoms with E-state index < -0.39 is 0 Å². The molecule has 0 aromatic heterocycles. The van der Waals surface area contributed by atoms with Crippen LogP contribution in [0.2, 0.25) is 0 Å². The van der Waals surface area contributed by atoms with Crippen LogP contribution in [0.5, 0.6) is 0 Å². The highest BCUT2D eigenvalue weighted by Crippen LogP contribution is 2.55. The lowest BCUT2D eigenvalue weighted by atomic mass is 9.80. The minimum absolute atomic E-state index is 0.00455. The van der Waals surface area contributed by atoms with E-state index in [1.54, 1.807) is 0 Å². The molecule has 0 aliphatic heterocycles. The molecule has 0 bridgehead atoms. The normalized spacial score (nSPS) is 13.9. The maximum absolute atomic E-state index is 2.50. The average molecular weight is 1390 g/mol. The molecule has 0 N–H and O–H groups in total. The molecule has 3 aliphatic carbocycles. The van der Waals surface area contributed by atoms with Crippen LogP contribution in [0.1, 0.15) is 171 Å². The SMILES string of the molecule is Cc1cc2c(cc1-c1ccc(N(c3ccccc3C)C(C)(C)C)c3ccccc13)C(C)(C)c1ccccc1-2.Cc1cc2c(cc1-c1cccc(N(c3ccccc3C)C(C)(C)C)c1)C(C)(C)c1ccccc1-2.Cc1cc2c(cc1-c1ccccc1N(c1ccccc1C)C(C)(C)C)C(C)(C)c1ccccc1-2. The highest BCUT2D eigenvalue weighted by atomic mass is 15.2. The molecule has 0 fully saturated rings. The second-order valence-corrected chi connectivity index (χ2v) is 34.8. The van der Waals surface area contributed by atoms with Gasteiger partial charge in [-0.2, -0.15) is 0 Å². The molecule has 3 heteroatoms. The van der Waals surface area contributed by atoms with Crippen molar-refractivity contribution in [1.29, 1.82) is 0 Å². The van der Waals surface area contributed by atoms with Crippen LogP contribution in [0.25, 0.3) is 77.5 Å². The molecule has 16 rings (SSSR count). The van der Waals surface area contributed by atoms with Gasteiger partial charge in [0.15, 0.2) is 0 Å². The number of benzene rings is 13. The molecule has 13 aromatic carbocycles. The van der Waals surface area contributed by atoms with Crippen LogP contribution in [-0.4, -0.2) is 16.6 Å².